The fraction of sp³-hybridized carbons (Fsp3) is 0.161. The van der Waals surface area contributed by atoms with Crippen LogP contribution in [0.25, 0.3) is 27.5 Å². The van der Waals surface area contributed by atoms with Gasteiger partial charge in [-0.05, 0) is 71.4 Å². The van der Waals surface area contributed by atoms with Gasteiger partial charge >= 0.3 is 0 Å². The largest absolute Gasteiger partial charge is 0.369 e. The van der Waals surface area contributed by atoms with Crippen LogP contribution in [0.5, 0.6) is 0 Å². The molecule has 37 heavy (non-hydrogen) atoms. The van der Waals surface area contributed by atoms with Gasteiger partial charge in [-0.3, -0.25) is 14.9 Å². The predicted molar refractivity (Wildman–Crippen MR) is 150 cm³/mol. The standard InChI is InChI=1S/C31H28N4O2/c1-34-14-16-35(17-15-34)26-11-9-25(10-12-26)32-20-29-28-19-24(8-13-27(28)30(36)33-31(29)37)23-7-6-21-4-2-3-5-22(21)18-23/h2-13,18-20,32H,14-17H2,1H3,(H,33,36,37)/b29-20-. The lowest BCUT2D eigenvalue weighted by molar-refractivity contribution is -0.114. The van der Waals surface area contributed by atoms with E-state index in [9.17, 15) is 9.59 Å². The van der Waals surface area contributed by atoms with E-state index in [0.29, 0.717) is 16.7 Å². The summed E-state index contributed by atoms with van der Waals surface area (Å²) in [5.74, 6) is -0.784. The number of imide groups is 1. The minimum absolute atomic E-state index is 0.376. The monoisotopic (exact) mass is 488 g/mol. The first kappa shape index (κ1) is 23.0. The van der Waals surface area contributed by atoms with Crippen molar-refractivity contribution in [3.63, 3.8) is 0 Å². The fourth-order valence-electron chi connectivity index (χ4n) is 5.01. The van der Waals surface area contributed by atoms with E-state index < -0.39 is 5.91 Å². The summed E-state index contributed by atoms with van der Waals surface area (Å²) in [6, 6.07) is 28.4. The lowest BCUT2D eigenvalue weighted by Gasteiger charge is -2.34. The minimum Gasteiger partial charge on any atom is -0.369 e. The van der Waals surface area contributed by atoms with Crippen molar-refractivity contribution in [2.75, 3.05) is 43.4 Å². The molecule has 0 radical (unpaired) electrons. The first-order chi connectivity index (χ1) is 18.0. The average Bonchev–Trinajstić information content (AvgIpc) is 2.93. The van der Waals surface area contributed by atoms with Crippen LogP contribution in [-0.2, 0) is 4.79 Å². The van der Waals surface area contributed by atoms with Crippen LogP contribution in [-0.4, -0.2) is 49.9 Å². The van der Waals surface area contributed by atoms with Crippen molar-refractivity contribution in [3.05, 3.63) is 102 Å². The van der Waals surface area contributed by atoms with Gasteiger partial charge in [-0.25, -0.2) is 0 Å². The molecule has 184 valence electrons. The molecule has 2 N–H and O–H groups in total. The number of rotatable bonds is 4. The maximum Gasteiger partial charge on any atom is 0.260 e. The topological polar surface area (TPSA) is 64.7 Å². The van der Waals surface area contributed by atoms with E-state index in [1.54, 1.807) is 12.3 Å². The van der Waals surface area contributed by atoms with Gasteiger partial charge in [0.05, 0.1) is 5.57 Å². The number of carbonyl (C=O) groups is 2. The number of nitrogens with one attached hydrogen (secondary N) is 2. The van der Waals surface area contributed by atoms with Crippen LogP contribution >= 0.6 is 0 Å². The van der Waals surface area contributed by atoms with E-state index in [4.69, 9.17) is 0 Å². The molecule has 2 aliphatic rings. The van der Waals surface area contributed by atoms with E-state index >= 15 is 0 Å². The van der Waals surface area contributed by atoms with Gasteiger partial charge in [0.2, 0.25) is 0 Å². The molecule has 6 rings (SSSR count). The molecule has 0 atom stereocenters. The second-order valence-corrected chi connectivity index (χ2v) is 9.65. The third-order valence-corrected chi connectivity index (χ3v) is 7.23. The molecule has 1 fully saturated rings. The Balaban J connectivity index is 1.28. The lowest BCUT2D eigenvalue weighted by Crippen LogP contribution is -2.44. The first-order valence-corrected chi connectivity index (χ1v) is 12.5. The zero-order chi connectivity index (χ0) is 25.4. The van der Waals surface area contributed by atoms with Gasteiger partial charge in [-0.2, -0.15) is 0 Å². The van der Waals surface area contributed by atoms with Gasteiger partial charge in [-0.15, -0.1) is 0 Å². The van der Waals surface area contributed by atoms with Crippen LogP contribution in [0, 0.1) is 0 Å². The zero-order valence-corrected chi connectivity index (χ0v) is 20.7. The van der Waals surface area contributed by atoms with Crippen LogP contribution in [0.2, 0.25) is 0 Å². The van der Waals surface area contributed by atoms with Crippen molar-refractivity contribution >= 4 is 39.5 Å². The SMILES string of the molecule is CN1CCN(c2ccc(N/C=C3\C(=O)NC(=O)c4ccc(-c5ccc6ccccc6c5)cc43)cc2)CC1. The van der Waals surface area contributed by atoms with E-state index in [2.05, 4.69) is 69.9 Å². The Labute approximate surface area is 216 Å². The minimum atomic E-state index is -0.408. The third kappa shape index (κ3) is 4.59. The Morgan fingerprint density at radius 3 is 2.22 bits per heavy atom. The molecule has 2 heterocycles. The highest BCUT2D eigenvalue weighted by Crippen LogP contribution is 2.31. The number of hydrogen-bond acceptors (Lipinski definition) is 5. The van der Waals surface area contributed by atoms with E-state index in [0.717, 1.165) is 48.4 Å². The highest BCUT2D eigenvalue weighted by molar-refractivity contribution is 6.31. The Kier molecular flexibility index (Phi) is 5.94. The third-order valence-electron chi connectivity index (χ3n) is 7.23. The molecular weight excluding hydrogens is 460 g/mol. The first-order valence-electron chi connectivity index (χ1n) is 12.5. The maximum atomic E-state index is 12.8. The van der Waals surface area contributed by atoms with E-state index in [-0.39, 0.29) is 5.91 Å². The highest BCUT2D eigenvalue weighted by atomic mass is 16.2. The number of hydrogen-bond donors (Lipinski definition) is 2. The fourth-order valence-corrected chi connectivity index (χ4v) is 5.01. The molecule has 0 aromatic heterocycles. The number of fused-ring (bicyclic) bond motifs is 2. The molecule has 2 aliphatic heterocycles. The van der Waals surface area contributed by atoms with E-state index in [1.807, 2.05) is 36.4 Å². The van der Waals surface area contributed by atoms with Gasteiger partial charge in [-0.1, -0.05) is 42.5 Å². The zero-order valence-electron chi connectivity index (χ0n) is 20.7. The van der Waals surface area contributed by atoms with Gasteiger partial charge in [0.25, 0.3) is 11.8 Å². The summed E-state index contributed by atoms with van der Waals surface area (Å²) in [5, 5.41) is 8.04. The van der Waals surface area contributed by atoms with Gasteiger partial charge in [0.1, 0.15) is 0 Å². The summed E-state index contributed by atoms with van der Waals surface area (Å²) in [5.41, 5.74) is 5.60. The summed E-state index contributed by atoms with van der Waals surface area (Å²) in [7, 11) is 2.15. The predicted octanol–water partition coefficient (Wildman–Crippen LogP) is 4.98. The highest BCUT2D eigenvalue weighted by Gasteiger charge is 2.27. The molecule has 0 unspecified atom stereocenters. The lowest BCUT2D eigenvalue weighted by atomic mass is 9.91. The van der Waals surface area contributed by atoms with Gasteiger partial charge < -0.3 is 15.1 Å². The van der Waals surface area contributed by atoms with Crippen molar-refractivity contribution in [1.82, 2.24) is 10.2 Å². The number of likely N-dealkylation sites (N-methyl/N-ethyl adjacent to an activating group) is 1. The Hall–Kier alpha value is -4.42. The van der Waals surface area contributed by atoms with Crippen molar-refractivity contribution in [2.24, 2.45) is 0 Å². The van der Waals surface area contributed by atoms with Crippen molar-refractivity contribution < 1.29 is 9.59 Å². The maximum absolute atomic E-state index is 12.8. The van der Waals surface area contributed by atoms with Crippen LogP contribution in [0.1, 0.15) is 15.9 Å². The molecular formula is C31H28N4O2. The summed E-state index contributed by atoms with van der Waals surface area (Å²) in [6.45, 7) is 4.14. The van der Waals surface area contributed by atoms with Gasteiger partial charge in [0.15, 0.2) is 0 Å². The van der Waals surface area contributed by atoms with Crippen LogP contribution in [0.4, 0.5) is 11.4 Å². The van der Waals surface area contributed by atoms with Crippen LogP contribution in [0.3, 0.4) is 0 Å². The normalized spacial score (nSPS) is 17.1. The summed E-state index contributed by atoms with van der Waals surface area (Å²) < 4.78 is 0. The molecule has 1 saturated heterocycles. The molecule has 0 saturated carbocycles. The molecule has 6 heteroatoms. The molecule has 4 aromatic rings. The van der Waals surface area contributed by atoms with Crippen molar-refractivity contribution in [3.8, 4) is 11.1 Å². The summed E-state index contributed by atoms with van der Waals surface area (Å²) >= 11 is 0. The number of carbonyl (C=O) groups excluding carboxylic acids is 2. The second kappa shape index (κ2) is 9.56. The number of piperazine rings is 1. The number of benzene rings is 4. The smallest absolute Gasteiger partial charge is 0.260 e. The Morgan fingerprint density at radius 2 is 1.43 bits per heavy atom. The molecule has 2 amide bonds. The summed E-state index contributed by atoms with van der Waals surface area (Å²) in [4.78, 5) is 30.1. The molecule has 0 bridgehead atoms. The summed E-state index contributed by atoms with van der Waals surface area (Å²) in [6.07, 6.45) is 1.69. The average molecular weight is 489 g/mol. The molecule has 0 aliphatic carbocycles. The Morgan fingerprint density at radius 1 is 0.730 bits per heavy atom. The van der Waals surface area contributed by atoms with Crippen molar-refractivity contribution in [2.45, 2.75) is 0 Å². The quantitative estimate of drug-likeness (QED) is 0.313. The molecule has 6 nitrogen and oxygen atoms in total. The number of anilines is 2. The van der Waals surface area contributed by atoms with Crippen molar-refractivity contribution in [1.29, 1.82) is 0 Å². The van der Waals surface area contributed by atoms with Crippen LogP contribution < -0.4 is 15.5 Å². The molecule has 0 spiro atoms. The van der Waals surface area contributed by atoms with Gasteiger partial charge in [0, 0.05) is 54.9 Å². The number of amides is 2. The number of nitrogens with zero attached hydrogens (tertiary/aromatic N) is 2. The van der Waals surface area contributed by atoms with Crippen LogP contribution in [0.15, 0.2) is 91.1 Å². The van der Waals surface area contributed by atoms with E-state index in [1.165, 1.54) is 11.1 Å². The molecule has 4 aromatic carbocycles. The Bertz CT molecular complexity index is 1530. The second-order valence-electron chi connectivity index (χ2n) is 9.65.